The molecule has 1 aliphatic rings. The third kappa shape index (κ3) is 3.49. The Morgan fingerprint density at radius 3 is 2.82 bits per heavy atom. The summed E-state index contributed by atoms with van der Waals surface area (Å²) in [5.74, 6) is -0.212. The topological polar surface area (TPSA) is 41.3 Å². The summed E-state index contributed by atoms with van der Waals surface area (Å²) < 4.78 is 12.8. The molecule has 1 aromatic rings. The number of hydrogen-bond donors (Lipinski definition) is 2. The average Bonchev–Trinajstić information content (AvgIpc) is 2.29. The lowest BCUT2D eigenvalue weighted by Gasteiger charge is -2.32. The molecule has 2 rings (SSSR count). The van der Waals surface area contributed by atoms with Gasteiger partial charge in [0.2, 0.25) is 0 Å². The molecular weight excluding hydrogens is 217 g/mol. The molecule has 0 saturated carbocycles. The molecule has 1 fully saturated rings. The molecule has 1 aromatic carbocycles. The van der Waals surface area contributed by atoms with Crippen molar-refractivity contribution in [3.8, 4) is 0 Å². The minimum atomic E-state index is -0.212. The third-order valence-electron chi connectivity index (χ3n) is 3.30. The van der Waals surface area contributed by atoms with Crippen LogP contribution < -0.4 is 11.1 Å². The largest absolute Gasteiger partial charge is 0.324 e. The molecule has 0 bridgehead atoms. The van der Waals surface area contributed by atoms with Crippen LogP contribution in [0.5, 0.6) is 0 Å². The first-order valence-electron chi connectivity index (χ1n) is 6.08. The van der Waals surface area contributed by atoms with Gasteiger partial charge in [-0.2, -0.15) is 0 Å². The Hall–Kier alpha value is -0.970. The minimum Gasteiger partial charge on any atom is -0.324 e. The predicted molar refractivity (Wildman–Crippen MR) is 67.2 cm³/mol. The zero-order chi connectivity index (χ0) is 12.3. The summed E-state index contributed by atoms with van der Waals surface area (Å²) in [4.78, 5) is 2.30. The van der Waals surface area contributed by atoms with Crippen LogP contribution in [0.1, 0.15) is 18.0 Å². The molecule has 4 heteroatoms. The second kappa shape index (κ2) is 5.58. The predicted octanol–water partition coefficient (Wildman–Crippen LogP) is 1.12. The Morgan fingerprint density at radius 1 is 1.47 bits per heavy atom. The molecule has 0 aliphatic carbocycles. The van der Waals surface area contributed by atoms with Gasteiger partial charge in [-0.3, -0.25) is 0 Å². The molecule has 0 spiro atoms. The number of hydrogen-bond acceptors (Lipinski definition) is 3. The Bertz CT molecular complexity index is 352. The standard InChI is InChI=1S/C13H20FN3/c1-17-7-6-16-12(9-17)8-13(15)10-2-4-11(14)5-3-10/h2-5,12-13,16H,6-9,15H2,1H3. The van der Waals surface area contributed by atoms with Crippen LogP contribution in [0.3, 0.4) is 0 Å². The van der Waals surface area contributed by atoms with Gasteiger partial charge in [0.1, 0.15) is 5.82 Å². The fourth-order valence-corrected chi connectivity index (χ4v) is 2.30. The highest BCUT2D eigenvalue weighted by Crippen LogP contribution is 2.17. The lowest BCUT2D eigenvalue weighted by atomic mass is 9.99. The highest BCUT2D eigenvalue weighted by atomic mass is 19.1. The maximum Gasteiger partial charge on any atom is 0.123 e. The minimum absolute atomic E-state index is 0.0281. The van der Waals surface area contributed by atoms with Crippen molar-refractivity contribution in [1.29, 1.82) is 0 Å². The third-order valence-corrected chi connectivity index (χ3v) is 3.30. The van der Waals surface area contributed by atoms with Crippen molar-refractivity contribution in [2.45, 2.75) is 18.5 Å². The van der Waals surface area contributed by atoms with Gasteiger partial charge in [0.25, 0.3) is 0 Å². The maximum atomic E-state index is 12.8. The molecular formula is C13H20FN3. The normalized spacial score (nSPS) is 23.6. The van der Waals surface area contributed by atoms with Gasteiger partial charge in [0, 0.05) is 31.7 Å². The lowest BCUT2D eigenvalue weighted by molar-refractivity contribution is 0.226. The van der Waals surface area contributed by atoms with Crippen LogP contribution in [0.15, 0.2) is 24.3 Å². The van der Waals surface area contributed by atoms with Crippen molar-refractivity contribution in [2.24, 2.45) is 5.73 Å². The van der Waals surface area contributed by atoms with E-state index < -0.39 is 0 Å². The zero-order valence-electron chi connectivity index (χ0n) is 10.2. The van der Waals surface area contributed by atoms with Crippen LogP contribution in [-0.4, -0.2) is 37.6 Å². The number of rotatable bonds is 3. The van der Waals surface area contributed by atoms with E-state index in [1.165, 1.54) is 12.1 Å². The van der Waals surface area contributed by atoms with Crippen LogP contribution in [0.25, 0.3) is 0 Å². The summed E-state index contributed by atoms with van der Waals surface area (Å²) >= 11 is 0. The summed E-state index contributed by atoms with van der Waals surface area (Å²) in [5, 5.41) is 3.47. The van der Waals surface area contributed by atoms with Gasteiger partial charge in [-0.05, 0) is 31.2 Å². The monoisotopic (exact) mass is 237 g/mol. The van der Waals surface area contributed by atoms with E-state index in [2.05, 4.69) is 17.3 Å². The van der Waals surface area contributed by atoms with Gasteiger partial charge in [0.05, 0.1) is 0 Å². The average molecular weight is 237 g/mol. The van der Waals surface area contributed by atoms with E-state index in [1.54, 1.807) is 12.1 Å². The maximum absolute atomic E-state index is 12.8. The van der Waals surface area contributed by atoms with Crippen LogP contribution >= 0.6 is 0 Å². The van der Waals surface area contributed by atoms with Gasteiger partial charge >= 0.3 is 0 Å². The SMILES string of the molecule is CN1CCNC(CC(N)c2ccc(F)cc2)C1. The second-order valence-corrected chi connectivity index (χ2v) is 4.81. The number of nitrogens with two attached hydrogens (primary N) is 1. The van der Waals surface area contributed by atoms with E-state index in [9.17, 15) is 4.39 Å². The van der Waals surface area contributed by atoms with Crippen LogP contribution in [0, 0.1) is 5.82 Å². The molecule has 17 heavy (non-hydrogen) atoms. The first-order valence-corrected chi connectivity index (χ1v) is 6.08. The van der Waals surface area contributed by atoms with Gasteiger partial charge in [0.15, 0.2) is 0 Å². The molecule has 3 N–H and O–H groups in total. The summed E-state index contributed by atoms with van der Waals surface area (Å²) in [6, 6.07) is 6.87. The summed E-state index contributed by atoms with van der Waals surface area (Å²) in [6.45, 7) is 3.12. The molecule has 1 aliphatic heterocycles. The molecule has 0 aromatic heterocycles. The summed E-state index contributed by atoms with van der Waals surface area (Å²) in [5.41, 5.74) is 7.14. The van der Waals surface area contributed by atoms with Crippen molar-refractivity contribution in [3.05, 3.63) is 35.6 Å². The summed E-state index contributed by atoms with van der Waals surface area (Å²) in [6.07, 6.45) is 0.885. The van der Waals surface area contributed by atoms with E-state index in [0.29, 0.717) is 6.04 Å². The van der Waals surface area contributed by atoms with E-state index in [0.717, 1.165) is 31.6 Å². The number of halogens is 1. The molecule has 1 heterocycles. The van der Waals surface area contributed by atoms with Gasteiger partial charge in [-0.15, -0.1) is 0 Å². The molecule has 3 nitrogen and oxygen atoms in total. The molecule has 2 atom stereocenters. The van der Waals surface area contributed by atoms with E-state index >= 15 is 0 Å². The van der Waals surface area contributed by atoms with E-state index in [1.807, 2.05) is 0 Å². The number of likely N-dealkylation sites (N-methyl/N-ethyl adjacent to an activating group) is 1. The molecule has 1 saturated heterocycles. The Labute approximate surface area is 102 Å². The first-order chi connectivity index (χ1) is 8.15. The molecule has 0 radical (unpaired) electrons. The molecule has 2 unspecified atom stereocenters. The van der Waals surface area contributed by atoms with Gasteiger partial charge < -0.3 is 16.0 Å². The smallest absolute Gasteiger partial charge is 0.123 e. The van der Waals surface area contributed by atoms with E-state index in [-0.39, 0.29) is 11.9 Å². The number of nitrogens with zero attached hydrogens (tertiary/aromatic N) is 1. The van der Waals surface area contributed by atoms with Crippen molar-refractivity contribution in [3.63, 3.8) is 0 Å². The fraction of sp³-hybridized carbons (Fsp3) is 0.538. The fourth-order valence-electron chi connectivity index (χ4n) is 2.30. The quantitative estimate of drug-likeness (QED) is 0.827. The van der Waals surface area contributed by atoms with Gasteiger partial charge in [-0.25, -0.2) is 4.39 Å². The Morgan fingerprint density at radius 2 is 2.18 bits per heavy atom. The summed E-state index contributed by atoms with van der Waals surface area (Å²) in [7, 11) is 2.12. The van der Waals surface area contributed by atoms with Crippen LogP contribution in [-0.2, 0) is 0 Å². The zero-order valence-corrected chi connectivity index (χ0v) is 10.2. The first kappa shape index (κ1) is 12.5. The Kier molecular flexibility index (Phi) is 4.10. The molecule has 0 amide bonds. The Balaban J connectivity index is 1.91. The number of nitrogens with one attached hydrogen (secondary N) is 1. The highest BCUT2D eigenvalue weighted by molar-refractivity contribution is 5.19. The number of benzene rings is 1. The van der Waals surface area contributed by atoms with Gasteiger partial charge in [-0.1, -0.05) is 12.1 Å². The van der Waals surface area contributed by atoms with Crippen LogP contribution in [0.4, 0.5) is 4.39 Å². The van der Waals surface area contributed by atoms with Crippen LogP contribution in [0.2, 0.25) is 0 Å². The van der Waals surface area contributed by atoms with Crippen molar-refractivity contribution < 1.29 is 4.39 Å². The highest BCUT2D eigenvalue weighted by Gasteiger charge is 2.19. The number of piperazine rings is 1. The lowest BCUT2D eigenvalue weighted by Crippen LogP contribution is -2.49. The molecule has 94 valence electrons. The van der Waals surface area contributed by atoms with Crippen molar-refractivity contribution >= 4 is 0 Å². The van der Waals surface area contributed by atoms with Crippen molar-refractivity contribution in [2.75, 3.05) is 26.7 Å². The van der Waals surface area contributed by atoms with Crippen molar-refractivity contribution in [1.82, 2.24) is 10.2 Å². The second-order valence-electron chi connectivity index (χ2n) is 4.81. The van der Waals surface area contributed by atoms with E-state index in [4.69, 9.17) is 5.73 Å².